The molecule has 0 saturated heterocycles. The second kappa shape index (κ2) is 4.03. The van der Waals surface area contributed by atoms with E-state index in [2.05, 4.69) is 0 Å². The number of rotatable bonds is 2. The van der Waals surface area contributed by atoms with Gasteiger partial charge in [-0.25, -0.2) is 0 Å². The third kappa shape index (κ3) is 2.27. The summed E-state index contributed by atoms with van der Waals surface area (Å²) in [4.78, 5) is 0. The van der Waals surface area contributed by atoms with Gasteiger partial charge in [0.25, 0.3) is 0 Å². The second-order valence-corrected chi connectivity index (χ2v) is 4.67. The third-order valence-electron chi connectivity index (χ3n) is 2.78. The van der Waals surface area contributed by atoms with Gasteiger partial charge in [0.2, 0.25) is 0 Å². The summed E-state index contributed by atoms with van der Waals surface area (Å²) in [6, 6.07) is 3.80. The highest BCUT2D eigenvalue weighted by atomic mass is 35.5. The molecule has 0 heterocycles. The molecule has 0 amide bonds. The number of hydrogen-bond acceptors (Lipinski definition) is 2. The molecule has 0 spiro atoms. The maximum absolute atomic E-state index is 9.18. The van der Waals surface area contributed by atoms with Crippen molar-refractivity contribution < 1.29 is 9.84 Å². The van der Waals surface area contributed by atoms with E-state index in [1.165, 1.54) is 0 Å². The fourth-order valence-electron chi connectivity index (χ4n) is 1.88. The summed E-state index contributed by atoms with van der Waals surface area (Å²) < 4.78 is 5.82. The molecular formula is C12H15ClO2. The normalized spacial score (nSPS) is 24.8. The Balaban J connectivity index is 2.14. The molecule has 3 heteroatoms. The van der Waals surface area contributed by atoms with Crippen molar-refractivity contribution in [3.63, 3.8) is 0 Å². The Labute approximate surface area is 94.8 Å². The predicted molar refractivity (Wildman–Crippen MR) is 60.6 cm³/mol. The minimum absolute atomic E-state index is 0.165. The number of benzene rings is 1. The first kappa shape index (κ1) is 10.8. The van der Waals surface area contributed by atoms with Crippen LogP contribution in [0.15, 0.2) is 12.1 Å². The minimum Gasteiger partial charge on any atom is -0.490 e. The van der Waals surface area contributed by atoms with Gasteiger partial charge >= 0.3 is 0 Å². The molecule has 82 valence electrons. The fraction of sp³-hybridized carbons (Fsp3) is 0.500. The lowest BCUT2D eigenvalue weighted by molar-refractivity contribution is -0.0113. The first-order valence-corrected chi connectivity index (χ1v) is 5.55. The van der Waals surface area contributed by atoms with Gasteiger partial charge in [-0.1, -0.05) is 11.6 Å². The largest absolute Gasteiger partial charge is 0.490 e. The van der Waals surface area contributed by atoms with Crippen LogP contribution in [-0.4, -0.2) is 17.3 Å². The molecule has 1 fully saturated rings. The van der Waals surface area contributed by atoms with E-state index in [1.807, 2.05) is 26.0 Å². The Kier molecular flexibility index (Phi) is 2.89. The Hall–Kier alpha value is -0.730. The number of aryl methyl sites for hydroxylation is 2. The molecule has 0 atom stereocenters. The van der Waals surface area contributed by atoms with E-state index in [-0.39, 0.29) is 12.2 Å². The van der Waals surface area contributed by atoms with E-state index < -0.39 is 0 Å². The van der Waals surface area contributed by atoms with Gasteiger partial charge in [-0.2, -0.15) is 0 Å². The smallest absolute Gasteiger partial charge is 0.125 e. The van der Waals surface area contributed by atoms with Crippen molar-refractivity contribution in [3.8, 4) is 5.75 Å². The van der Waals surface area contributed by atoms with Crippen molar-refractivity contribution in [2.75, 3.05) is 0 Å². The van der Waals surface area contributed by atoms with Crippen LogP contribution in [-0.2, 0) is 0 Å². The summed E-state index contributed by atoms with van der Waals surface area (Å²) in [6.45, 7) is 3.98. The van der Waals surface area contributed by atoms with Crippen LogP contribution in [0, 0.1) is 13.8 Å². The molecule has 0 bridgehead atoms. The van der Waals surface area contributed by atoms with Crippen LogP contribution < -0.4 is 4.74 Å². The second-order valence-electron chi connectivity index (χ2n) is 4.23. The zero-order valence-corrected chi connectivity index (χ0v) is 9.71. The molecule has 0 aromatic heterocycles. The Bertz CT molecular complexity index is 347. The molecule has 1 aliphatic carbocycles. The van der Waals surface area contributed by atoms with Crippen LogP contribution in [0.25, 0.3) is 0 Å². The van der Waals surface area contributed by atoms with Gasteiger partial charge in [-0.15, -0.1) is 0 Å². The highest BCUT2D eigenvalue weighted by Gasteiger charge is 2.29. The van der Waals surface area contributed by atoms with Crippen molar-refractivity contribution in [1.82, 2.24) is 0 Å². The molecule has 1 saturated carbocycles. The lowest BCUT2D eigenvalue weighted by atomic mass is 9.92. The molecule has 15 heavy (non-hydrogen) atoms. The molecule has 0 radical (unpaired) electrons. The quantitative estimate of drug-likeness (QED) is 0.841. The van der Waals surface area contributed by atoms with Gasteiger partial charge in [0.15, 0.2) is 0 Å². The maximum atomic E-state index is 9.18. The first-order valence-electron chi connectivity index (χ1n) is 5.17. The molecular weight excluding hydrogens is 212 g/mol. The minimum atomic E-state index is -0.178. The van der Waals surface area contributed by atoms with Crippen molar-refractivity contribution in [2.45, 2.75) is 38.9 Å². The van der Waals surface area contributed by atoms with Crippen molar-refractivity contribution in [1.29, 1.82) is 0 Å². The average Bonchev–Trinajstić information content (AvgIpc) is 2.07. The summed E-state index contributed by atoms with van der Waals surface area (Å²) in [5.74, 6) is 0.913. The third-order valence-corrected chi connectivity index (χ3v) is 3.00. The summed E-state index contributed by atoms with van der Waals surface area (Å²) in [6.07, 6.45) is 1.46. The van der Waals surface area contributed by atoms with Gasteiger partial charge in [0.1, 0.15) is 11.9 Å². The van der Waals surface area contributed by atoms with Gasteiger partial charge in [0, 0.05) is 17.9 Å². The lowest BCUT2D eigenvalue weighted by Crippen LogP contribution is -2.37. The van der Waals surface area contributed by atoms with Crippen LogP contribution in [0.5, 0.6) is 5.75 Å². The number of ether oxygens (including phenoxy) is 1. The van der Waals surface area contributed by atoms with Crippen molar-refractivity contribution in [2.24, 2.45) is 0 Å². The van der Waals surface area contributed by atoms with E-state index >= 15 is 0 Å². The predicted octanol–water partition coefficient (Wildman–Crippen LogP) is 2.86. The van der Waals surface area contributed by atoms with Crippen LogP contribution in [0.2, 0.25) is 5.02 Å². The molecule has 1 N–H and O–H groups in total. The van der Waals surface area contributed by atoms with E-state index in [0.29, 0.717) is 0 Å². The van der Waals surface area contributed by atoms with E-state index in [9.17, 15) is 5.11 Å². The topological polar surface area (TPSA) is 29.5 Å². The maximum Gasteiger partial charge on any atom is 0.125 e. The summed E-state index contributed by atoms with van der Waals surface area (Å²) in [5.41, 5.74) is 2.11. The monoisotopic (exact) mass is 226 g/mol. The van der Waals surface area contributed by atoms with Gasteiger partial charge in [0.05, 0.1) is 6.10 Å². The Morgan fingerprint density at radius 1 is 1.27 bits per heavy atom. The molecule has 1 aromatic rings. The van der Waals surface area contributed by atoms with E-state index in [0.717, 1.165) is 34.7 Å². The van der Waals surface area contributed by atoms with Gasteiger partial charge < -0.3 is 9.84 Å². The van der Waals surface area contributed by atoms with Crippen LogP contribution in [0.4, 0.5) is 0 Å². The number of hydrogen-bond donors (Lipinski definition) is 1. The Morgan fingerprint density at radius 3 is 2.27 bits per heavy atom. The van der Waals surface area contributed by atoms with Gasteiger partial charge in [-0.3, -0.25) is 0 Å². The molecule has 2 nitrogen and oxygen atoms in total. The summed E-state index contributed by atoms with van der Waals surface area (Å²) >= 11 is 5.93. The molecule has 0 unspecified atom stereocenters. The average molecular weight is 227 g/mol. The first-order chi connectivity index (χ1) is 7.06. The zero-order chi connectivity index (χ0) is 11.0. The van der Waals surface area contributed by atoms with E-state index in [1.54, 1.807) is 0 Å². The van der Waals surface area contributed by atoms with Crippen LogP contribution in [0.1, 0.15) is 24.0 Å². The van der Waals surface area contributed by atoms with Gasteiger partial charge in [-0.05, 0) is 37.1 Å². The van der Waals surface area contributed by atoms with Crippen molar-refractivity contribution >= 4 is 11.6 Å². The van der Waals surface area contributed by atoms with E-state index in [4.69, 9.17) is 16.3 Å². The van der Waals surface area contributed by atoms with Crippen LogP contribution in [0.3, 0.4) is 0 Å². The Morgan fingerprint density at radius 2 is 1.80 bits per heavy atom. The summed E-state index contributed by atoms with van der Waals surface area (Å²) in [5, 5.41) is 9.92. The highest BCUT2D eigenvalue weighted by Crippen LogP contribution is 2.32. The zero-order valence-electron chi connectivity index (χ0n) is 8.96. The van der Waals surface area contributed by atoms with Crippen molar-refractivity contribution in [3.05, 3.63) is 28.3 Å². The summed E-state index contributed by atoms with van der Waals surface area (Å²) in [7, 11) is 0. The lowest BCUT2D eigenvalue weighted by Gasteiger charge is -2.32. The standard InChI is InChI=1S/C12H15ClO2/c1-7-3-9(13)4-8(2)12(7)15-11-5-10(14)6-11/h3-4,10-11,14H,5-6H2,1-2H3. The van der Waals surface area contributed by atoms with Crippen LogP contribution >= 0.6 is 11.6 Å². The number of aliphatic hydroxyl groups excluding tert-OH is 1. The molecule has 0 aliphatic heterocycles. The highest BCUT2D eigenvalue weighted by molar-refractivity contribution is 6.30. The molecule has 1 aliphatic rings. The SMILES string of the molecule is Cc1cc(Cl)cc(C)c1OC1CC(O)C1. The number of aliphatic hydroxyl groups is 1. The molecule has 2 rings (SSSR count). The fourth-order valence-corrected chi connectivity index (χ4v) is 2.21. The number of halogens is 1. The molecule has 1 aromatic carbocycles.